The number of nitrogens with one attached hydrogen (secondary N) is 1. The molecular formula is C23H18ClFN6O3S2. The number of thioether (sulfide) groups is 1. The Morgan fingerprint density at radius 2 is 1.94 bits per heavy atom. The van der Waals surface area contributed by atoms with E-state index in [1.54, 1.807) is 19.1 Å². The number of esters is 1. The summed E-state index contributed by atoms with van der Waals surface area (Å²) in [5, 5.41) is 12.4. The predicted octanol–water partition coefficient (Wildman–Crippen LogP) is 4.81. The molecule has 5 aromatic rings. The monoisotopic (exact) mass is 544 g/mol. The van der Waals surface area contributed by atoms with Crippen LogP contribution in [0.2, 0.25) is 5.02 Å². The standard InChI is InChI=1S/C23H18ClFN6O3S2/c1-12-19(20(33)34-2)36-21(26-12)27-18(32)11-35-23-29-28-22-30(10-13-14(24)6-5-7-15(13)25)16-8-3-4-9-17(16)31(22)23/h3-9H,10-11H2,1-2H3,(H,26,27,32). The first-order valence-electron chi connectivity index (χ1n) is 10.6. The molecule has 5 rings (SSSR count). The van der Waals surface area contributed by atoms with E-state index < -0.39 is 11.8 Å². The number of aryl methyl sites for hydroxylation is 1. The zero-order valence-corrected chi connectivity index (χ0v) is 21.4. The van der Waals surface area contributed by atoms with Gasteiger partial charge < -0.3 is 14.6 Å². The van der Waals surface area contributed by atoms with Gasteiger partial charge in [-0.1, -0.05) is 52.9 Å². The number of anilines is 1. The molecule has 9 nitrogen and oxygen atoms in total. The van der Waals surface area contributed by atoms with Crippen molar-refractivity contribution in [3.63, 3.8) is 0 Å². The van der Waals surface area contributed by atoms with Crippen molar-refractivity contribution < 1.29 is 18.7 Å². The number of hydrogen-bond acceptors (Lipinski definition) is 8. The summed E-state index contributed by atoms with van der Waals surface area (Å²) in [6.07, 6.45) is 0. The van der Waals surface area contributed by atoms with Gasteiger partial charge >= 0.3 is 5.97 Å². The Kier molecular flexibility index (Phi) is 6.65. The fourth-order valence-corrected chi connectivity index (χ4v) is 5.61. The number of ether oxygens (including phenoxy) is 1. The number of hydrogen-bond donors (Lipinski definition) is 1. The van der Waals surface area contributed by atoms with Gasteiger partial charge in [0.05, 0.1) is 36.1 Å². The van der Waals surface area contributed by atoms with Gasteiger partial charge in [0.1, 0.15) is 10.7 Å². The van der Waals surface area contributed by atoms with Gasteiger partial charge in [-0.05, 0) is 31.2 Å². The van der Waals surface area contributed by atoms with Crippen molar-refractivity contribution in [3.05, 3.63) is 69.4 Å². The smallest absolute Gasteiger partial charge is 0.350 e. The summed E-state index contributed by atoms with van der Waals surface area (Å²) in [6, 6.07) is 12.1. The van der Waals surface area contributed by atoms with Gasteiger partial charge in [-0.15, -0.1) is 10.2 Å². The summed E-state index contributed by atoms with van der Waals surface area (Å²) in [5.74, 6) is -0.692. The third-order valence-electron chi connectivity index (χ3n) is 5.40. The lowest BCUT2D eigenvalue weighted by Crippen LogP contribution is -2.14. The number of para-hydroxylation sites is 2. The first-order chi connectivity index (χ1) is 17.4. The summed E-state index contributed by atoms with van der Waals surface area (Å²) in [7, 11) is 1.29. The minimum Gasteiger partial charge on any atom is -0.465 e. The average molecular weight is 545 g/mol. The second-order valence-electron chi connectivity index (χ2n) is 7.66. The lowest BCUT2D eigenvalue weighted by Gasteiger charge is -2.08. The van der Waals surface area contributed by atoms with Crippen LogP contribution in [-0.2, 0) is 16.1 Å². The number of imidazole rings is 1. The quantitative estimate of drug-likeness (QED) is 0.232. The van der Waals surface area contributed by atoms with Gasteiger partial charge in [0.2, 0.25) is 11.7 Å². The number of methoxy groups -OCH3 is 1. The maximum Gasteiger partial charge on any atom is 0.350 e. The topological polar surface area (TPSA) is 103 Å². The third kappa shape index (κ3) is 4.43. The van der Waals surface area contributed by atoms with E-state index in [-0.39, 0.29) is 18.2 Å². The summed E-state index contributed by atoms with van der Waals surface area (Å²) < 4.78 is 22.9. The van der Waals surface area contributed by atoms with E-state index in [0.29, 0.717) is 37.2 Å². The Labute approximate surface area is 217 Å². The van der Waals surface area contributed by atoms with Gasteiger partial charge in [0, 0.05) is 10.6 Å². The molecule has 0 aliphatic rings. The second-order valence-corrected chi connectivity index (χ2v) is 10.0. The number of halogens is 2. The molecule has 0 aliphatic heterocycles. The van der Waals surface area contributed by atoms with E-state index >= 15 is 0 Å². The maximum absolute atomic E-state index is 14.5. The number of rotatable bonds is 7. The molecule has 36 heavy (non-hydrogen) atoms. The number of nitrogens with zero attached hydrogens (tertiary/aromatic N) is 5. The first kappa shape index (κ1) is 24.2. The third-order valence-corrected chi connectivity index (χ3v) is 7.73. The van der Waals surface area contributed by atoms with E-state index in [9.17, 15) is 14.0 Å². The van der Waals surface area contributed by atoms with Crippen molar-refractivity contribution in [2.75, 3.05) is 18.2 Å². The Bertz CT molecular complexity index is 1610. The lowest BCUT2D eigenvalue weighted by molar-refractivity contribution is -0.113. The number of aromatic nitrogens is 5. The molecule has 2 aromatic carbocycles. The van der Waals surface area contributed by atoms with E-state index in [1.807, 2.05) is 33.2 Å². The van der Waals surface area contributed by atoms with Crippen molar-refractivity contribution in [2.24, 2.45) is 0 Å². The van der Waals surface area contributed by atoms with Crippen LogP contribution in [0.1, 0.15) is 20.9 Å². The van der Waals surface area contributed by atoms with Crippen LogP contribution < -0.4 is 5.32 Å². The highest BCUT2D eigenvalue weighted by Crippen LogP contribution is 2.29. The molecule has 1 amide bonds. The largest absolute Gasteiger partial charge is 0.465 e. The molecule has 0 spiro atoms. The van der Waals surface area contributed by atoms with Crippen molar-refractivity contribution in [1.82, 2.24) is 24.1 Å². The molecule has 0 saturated carbocycles. The van der Waals surface area contributed by atoms with Crippen LogP contribution in [0, 0.1) is 12.7 Å². The number of thiazole rings is 1. The van der Waals surface area contributed by atoms with Crippen LogP contribution in [0.5, 0.6) is 0 Å². The van der Waals surface area contributed by atoms with Crippen molar-refractivity contribution in [1.29, 1.82) is 0 Å². The number of carbonyl (C=O) groups is 2. The molecule has 0 saturated heterocycles. The Balaban J connectivity index is 1.40. The van der Waals surface area contributed by atoms with Crippen LogP contribution in [-0.4, -0.2) is 48.9 Å². The molecule has 3 aromatic heterocycles. The first-order valence-corrected chi connectivity index (χ1v) is 12.8. The van der Waals surface area contributed by atoms with Gasteiger partial charge in [-0.25, -0.2) is 14.2 Å². The molecule has 0 bridgehead atoms. The molecule has 0 aliphatic carbocycles. The molecule has 3 heterocycles. The Hall–Kier alpha value is -3.48. The van der Waals surface area contributed by atoms with Crippen LogP contribution >= 0.6 is 34.7 Å². The SMILES string of the molecule is COC(=O)c1sc(NC(=O)CSc2nnc3n(Cc4c(F)cccc4Cl)c4ccccc4n23)nc1C. The highest BCUT2D eigenvalue weighted by atomic mass is 35.5. The summed E-state index contributed by atoms with van der Waals surface area (Å²) in [6.45, 7) is 1.84. The molecule has 184 valence electrons. The predicted molar refractivity (Wildman–Crippen MR) is 137 cm³/mol. The number of amides is 1. The molecule has 0 atom stereocenters. The highest BCUT2D eigenvalue weighted by Gasteiger charge is 2.21. The van der Waals surface area contributed by atoms with E-state index in [2.05, 4.69) is 20.5 Å². The van der Waals surface area contributed by atoms with E-state index in [0.717, 1.165) is 22.4 Å². The fraction of sp³-hybridized carbons (Fsp3) is 0.174. The maximum atomic E-state index is 14.5. The Morgan fingerprint density at radius 1 is 1.17 bits per heavy atom. The van der Waals surface area contributed by atoms with Crippen LogP contribution in [0.25, 0.3) is 16.8 Å². The second kappa shape index (κ2) is 9.88. The summed E-state index contributed by atoms with van der Waals surface area (Å²) >= 11 is 8.51. The summed E-state index contributed by atoms with van der Waals surface area (Å²) in [5.41, 5.74) is 2.47. The van der Waals surface area contributed by atoms with Gasteiger partial charge in [0.25, 0.3) is 0 Å². The van der Waals surface area contributed by atoms with Gasteiger partial charge in [-0.3, -0.25) is 9.20 Å². The minimum atomic E-state index is -0.501. The molecule has 0 radical (unpaired) electrons. The zero-order valence-electron chi connectivity index (χ0n) is 19.0. The summed E-state index contributed by atoms with van der Waals surface area (Å²) in [4.78, 5) is 28.9. The molecular weight excluding hydrogens is 527 g/mol. The normalized spacial score (nSPS) is 11.3. The van der Waals surface area contributed by atoms with Gasteiger partial charge in [-0.2, -0.15) is 0 Å². The van der Waals surface area contributed by atoms with E-state index in [1.165, 1.54) is 24.9 Å². The van der Waals surface area contributed by atoms with Gasteiger partial charge in [0.15, 0.2) is 10.3 Å². The van der Waals surface area contributed by atoms with Crippen LogP contribution in [0.3, 0.4) is 0 Å². The van der Waals surface area contributed by atoms with Crippen molar-refractivity contribution in [2.45, 2.75) is 18.6 Å². The molecule has 0 unspecified atom stereocenters. The average Bonchev–Trinajstić information content (AvgIpc) is 3.53. The number of fused-ring (bicyclic) bond motifs is 3. The number of carbonyl (C=O) groups excluding carboxylic acids is 2. The molecule has 0 fully saturated rings. The molecule has 13 heteroatoms. The molecule has 1 N–H and O–H groups in total. The van der Waals surface area contributed by atoms with Crippen LogP contribution in [0.15, 0.2) is 47.6 Å². The van der Waals surface area contributed by atoms with E-state index in [4.69, 9.17) is 16.3 Å². The zero-order chi connectivity index (χ0) is 25.4. The number of benzene rings is 2. The Morgan fingerprint density at radius 3 is 2.69 bits per heavy atom. The lowest BCUT2D eigenvalue weighted by atomic mass is 10.2. The van der Waals surface area contributed by atoms with Crippen LogP contribution in [0.4, 0.5) is 9.52 Å². The highest BCUT2D eigenvalue weighted by molar-refractivity contribution is 7.99. The fourth-order valence-electron chi connectivity index (χ4n) is 3.75. The minimum absolute atomic E-state index is 0.0334. The van der Waals surface area contributed by atoms with Crippen molar-refractivity contribution >= 4 is 68.5 Å². The van der Waals surface area contributed by atoms with Crippen molar-refractivity contribution in [3.8, 4) is 0 Å².